The molecule has 0 unspecified atom stereocenters. The standard InChI is InChI=1S/C34H32NOS.C15H28O2.Ir/c1-20(2)15-23-11-12-26(27-13-14-36-32(23)27)28-18-30(35-33-31(28)21(3)19-37-33)24-16-22-9-7-8-10-25(22)29(17-24)34(4,5)6;1-7-14(5,8-2)12(16)11-13(17)15(6,9-3)10-4;/h7-14,17-20H,15H2,1-6H3;11,16H,7-10H2,1-6H3;/q-1;;/b;12-11-;. The number of hydrogen-bond donors (Lipinski definition) is 1. The van der Waals surface area contributed by atoms with Crippen LogP contribution in [0.3, 0.4) is 0 Å². The Morgan fingerprint density at radius 3 is 2.16 bits per heavy atom. The summed E-state index contributed by atoms with van der Waals surface area (Å²) in [6.45, 7) is 25.6. The smallest absolute Gasteiger partial charge is 0.164 e. The Balaban J connectivity index is 0.000000320. The van der Waals surface area contributed by atoms with Gasteiger partial charge in [0.25, 0.3) is 0 Å². The van der Waals surface area contributed by atoms with E-state index in [2.05, 4.69) is 108 Å². The van der Waals surface area contributed by atoms with Gasteiger partial charge in [0.2, 0.25) is 0 Å². The van der Waals surface area contributed by atoms with E-state index >= 15 is 0 Å². The second-order valence-corrected chi connectivity index (χ2v) is 17.9. The summed E-state index contributed by atoms with van der Waals surface area (Å²) in [5.41, 5.74) is 8.65. The first-order valence-corrected chi connectivity index (χ1v) is 20.7. The largest absolute Gasteiger partial charge is 0.512 e. The predicted molar refractivity (Wildman–Crippen MR) is 232 cm³/mol. The van der Waals surface area contributed by atoms with E-state index in [4.69, 9.17) is 9.40 Å². The Morgan fingerprint density at radius 1 is 0.891 bits per heavy atom. The van der Waals surface area contributed by atoms with Crippen molar-refractivity contribution in [3.8, 4) is 22.4 Å². The minimum atomic E-state index is -0.337. The number of aryl methyl sites for hydroxylation is 1. The summed E-state index contributed by atoms with van der Waals surface area (Å²) in [6, 6.07) is 23.4. The molecule has 1 radical (unpaired) electrons. The van der Waals surface area contributed by atoms with Crippen LogP contribution in [0.15, 0.2) is 82.5 Å². The van der Waals surface area contributed by atoms with E-state index in [-0.39, 0.29) is 47.9 Å². The summed E-state index contributed by atoms with van der Waals surface area (Å²) in [6.07, 6.45) is 7.58. The fraction of sp³-hybridized carbons (Fsp3) is 0.429. The van der Waals surface area contributed by atoms with Gasteiger partial charge in [-0.3, -0.25) is 9.78 Å². The number of aliphatic hydroxyl groups excluding tert-OH is 1. The molecule has 0 spiro atoms. The Bertz CT molecular complexity index is 2290. The maximum atomic E-state index is 12.2. The number of carbonyl (C=O) groups is 1. The van der Waals surface area contributed by atoms with E-state index in [0.29, 0.717) is 5.92 Å². The third-order valence-electron chi connectivity index (χ3n) is 11.8. The Hall–Kier alpha value is -3.57. The summed E-state index contributed by atoms with van der Waals surface area (Å²) in [4.78, 5) is 18.4. The summed E-state index contributed by atoms with van der Waals surface area (Å²) in [5.74, 6) is 0.853. The topological polar surface area (TPSA) is 63.3 Å². The predicted octanol–water partition coefficient (Wildman–Crippen LogP) is 14.8. The Morgan fingerprint density at radius 2 is 1.55 bits per heavy atom. The number of fused-ring (bicyclic) bond motifs is 3. The molecule has 4 nitrogen and oxygen atoms in total. The molecule has 0 bridgehead atoms. The van der Waals surface area contributed by atoms with Gasteiger partial charge >= 0.3 is 0 Å². The van der Waals surface area contributed by atoms with Crippen LogP contribution in [0.5, 0.6) is 0 Å². The molecule has 0 aliphatic rings. The van der Waals surface area contributed by atoms with Crippen LogP contribution in [0.1, 0.15) is 119 Å². The van der Waals surface area contributed by atoms with Crippen molar-refractivity contribution in [1.82, 2.24) is 4.98 Å². The van der Waals surface area contributed by atoms with E-state index in [1.54, 1.807) is 11.3 Å². The molecule has 0 fully saturated rings. The van der Waals surface area contributed by atoms with Gasteiger partial charge in [0.15, 0.2) is 5.78 Å². The number of benzene rings is 3. The summed E-state index contributed by atoms with van der Waals surface area (Å²) in [5, 5.41) is 17.1. The van der Waals surface area contributed by atoms with Crippen LogP contribution in [0.25, 0.3) is 54.3 Å². The molecule has 0 atom stereocenters. The number of aliphatic hydroxyl groups is 1. The number of rotatable bonds is 11. The molecular weight excluding hydrogens is 875 g/mol. The monoisotopic (exact) mass is 935 g/mol. The van der Waals surface area contributed by atoms with Crippen molar-refractivity contribution >= 4 is 49.1 Å². The van der Waals surface area contributed by atoms with Crippen LogP contribution in [-0.2, 0) is 36.7 Å². The molecule has 6 aromatic rings. The first-order valence-electron chi connectivity index (χ1n) is 19.8. The van der Waals surface area contributed by atoms with Crippen molar-refractivity contribution in [2.24, 2.45) is 16.7 Å². The Labute approximate surface area is 347 Å². The van der Waals surface area contributed by atoms with Crippen LogP contribution in [0, 0.1) is 29.7 Å². The first kappa shape index (κ1) is 44.1. The fourth-order valence-electron chi connectivity index (χ4n) is 7.17. The molecule has 0 aliphatic heterocycles. The molecule has 0 saturated carbocycles. The first-order chi connectivity index (χ1) is 25.5. The molecule has 295 valence electrons. The van der Waals surface area contributed by atoms with E-state index in [0.717, 1.165) is 59.2 Å². The molecule has 1 N–H and O–H groups in total. The number of carbonyl (C=O) groups excluding carboxylic acids is 1. The minimum Gasteiger partial charge on any atom is -0.512 e. The number of hydrogen-bond acceptors (Lipinski definition) is 5. The number of thiophene rings is 1. The van der Waals surface area contributed by atoms with Crippen LogP contribution >= 0.6 is 11.3 Å². The van der Waals surface area contributed by atoms with Crippen LogP contribution in [0.2, 0.25) is 0 Å². The van der Waals surface area contributed by atoms with E-state index < -0.39 is 0 Å². The Kier molecular flexibility index (Phi) is 14.2. The molecule has 6 rings (SSSR count). The van der Waals surface area contributed by atoms with Crippen LogP contribution < -0.4 is 0 Å². The zero-order valence-electron chi connectivity index (χ0n) is 35.0. The van der Waals surface area contributed by atoms with Gasteiger partial charge in [0.1, 0.15) is 16.2 Å². The number of furan rings is 1. The van der Waals surface area contributed by atoms with Gasteiger partial charge in [-0.05, 0) is 84.1 Å². The molecule has 0 saturated heterocycles. The van der Waals surface area contributed by atoms with Crippen LogP contribution in [0.4, 0.5) is 0 Å². The normalized spacial score (nSPS) is 12.6. The van der Waals surface area contributed by atoms with Crippen molar-refractivity contribution in [1.29, 1.82) is 0 Å². The van der Waals surface area contributed by atoms with Crippen molar-refractivity contribution < 1.29 is 34.4 Å². The van der Waals surface area contributed by atoms with Gasteiger partial charge in [-0.25, -0.2) is 0 Å². The van der Waals surface area contributed by atoms with E-state index in [1.165, 1.54) is 50.1 Å². The van der Waals surface area contributed by atoms with Crippen molar-refractivity contribution in [2.75, 3.05) is 0 Å². The van der Waals surface area contributed by atoms with Gasteiger partial charge in [-0.2, -0.15) is 0 Å². The molecule has 3 aromatic carbocycles. The minimum absolute atomic E-state index is 0. The molecule has 55 heavy (non-hydrogen) atoms. The van der Waals surface area contributed by atoms with Gasteiger partial charge in [-0.15, -0.1) is 40.5 Å². The average Bonchev–Trinajstić information content (AvgIpc) is 3.80. The molecule has 0 amide bonds. The van der Waals surface area contributed by atoms with E-state index in [1.807, 2.05) is 47.8 Å². The maximum absolute atomic E-state index is 12.2. The van der Waals surface area contributed by atoms with Gasteiger partial charge < -0.3 is 9.52 Å². The average molecular weight is 935 g/mol. The molecular formula is C49H60IrNO3S-. The number of ketones is 1. The fourth-order valence-corrected chi connectivity index (χ4v) is 8.11. The second kappa shape index (κ2) is 17.7. The number of allylic oxidation sites excluding steroid dienone is 2. The molecule has 6 heteroatoms. The second-order valence-electron chi connectivity index (χ2n) is 17.0. The van der Waals surface area contributed by atoms with Gasteiger partial charge in [-0.1, -0.05) is 124 Å². The molecule has 3 heterocycles. The quantitative estimate of drug-likeness (QED) is 0.0799. The summed E-state index contributed by atoms with van der Waals surface area (Å²) in [7, 11) is 0. The zero-order valence-corrected chi connectivity index (χ0v) is 38.2. The molecule has 0 aliphatic carbocycles. The number of pyridine rings is 1. The summed E-state index contributed by atoms with van der Waals surface area (Å²) >= 11 is 1.72. The third-order valence-corrected chi connectivity index (χ3v) is 12.8. The number of aromatic nitrogens is 1. The third kappa shape index (κ3) is 9.19. The SMILES string of the molecule is CCC(C)(CC)C(=O)/C=C(\O)C(C)(CC)CC.Cc1csc2nc(-c3[c-]c4ccccc4c(C(C)(C)C)c3)cc(-c3ccc(CC(C)C)c4occc34)c12.[Ir]. The van der Waals surface area contributed by atoms with Crippen molar-refractivity contribution in [3.05, 3.63) is 101 Å². The maximum Gasteiger partial charge on any atom is 0.164 e. The van der Waals surface area contributed by atoms with Crippen molar-refractivity contribution in [2.45, 2.75) is 121 Å². The number of nitrogens with zero attached hydrogens (tertiary/aromatic N) is 1. The van der Waals surface area contributed by atoms with Crippen LogP contribution in [-0.4, -0.2) is 15.9 Å². The summed E-state index contributed by atoms with van der Waals surface area (Å²) < 4.78 is 6.03. The van der Waals surface area contributed by atoms with Crippen molar-refractivity contribution in [3.63, 3.8) is 0 Å². The molecule has 3 aromatic heterocycles. The van der Waals surface area contributed by atoms with Gasteiger partial charge in [0, 0.05) is 53.5 Å². The van der Waals surface area contributed by atoms with E-state index in [9.17, 15) is 9.90 Å². The van der Waals surface area contributed by atoms with Gasteiger partial charge in [0.05, 0.1) is 6.26 Å². The zero-order chi connectivity index (χ0) is 39.6.